The van der Waals surface area contributed by atoms with Gasteiger partial charge in [-0.15, -0.1) is 0 Å². The summed E-state index contributed by atoms with van der Waals surface area (Å²) in [6.45, 7) is 5.79. The normalized spacial score (nSPS) is 16.3. The number of nitrogen functional groups attached to an aromatic ring is 1. The van der Waals surface area contributed by atoms with Crippen molar-refractivity contribution in [1.82, 2.24) is 9.88 Å². The number of ether oxygens (including phenoxy) is 1. The number of hydrogen-bond donors (Lipinski definition) is 2. The van der Waals surface area contributed by atoms with Crippen molar-refractivity contribution in [2.24, 2.45) is 5.73 Å². The highest BCUT2D eigenvalue weighted by molar-refractivity contribution is 5.95. The van der Waals surface area contributed by atoms with E-state index in [-0.39, 0.29) is 5.84 Å². The first-order valence-electron chi connectivity index (χ1n) is 6.83. The van der Waals surface area contributed by atoms with Gasteiger partial charge < -0.3 is 10.5 Å². The van der Waals surface area contributed by atoms with Gasteiger partial charge in [-0.1, -0.05) is 6.42 Å². The van der Waals surface area contributed by atoms with E-state index in [0.29, 0.717) is 18.1 Å². The number of aromatic nitrogens is 1. The fourth-order valence-electron chi connectivity index (χ4n) is 2.33. The highest BCUT2D eigenvalue weighted by Gasteiger charge is 2.10. The van der Waals surface area contributed by atoms with Gasteiger partial charge in [-0.2, -0.15) is 0 Å². The van der Waals surface area contributed by atoms with Crippen molar-refractivity contribution in [1.29, 1.82) is 5.41 Å². The number of likely N-dealkylation sites (tertiary alicyclic amines) is 1. The van der Waals surface area contributed by atoms with Gasteiger partial charge in [-0.3, -0.25) is 10.3 Å². The van der Waals surface area contributed by atoms with Crippen molar-refractivity contribution in [3.05, 3.63) is 23.4 Å². The van der Waals surface area contributed by atoms with Crippen LogP contribution in [0.4, 0.5) is 0 Å². The van der Waals surface area contributed by atoms with Crippen LogP contribution < -0.4 is 10.5 Å². The van der Waals surface area contributed by atoms with Gasteiger partial charge in [-0.25, -0.2) is 4.98 Å². The maximum Gasteiger partial charge on any atom is 0.214 e. The molecule has 1 aliphatic rings. The molecule has 5 nitrogen and oxygen atoms in total. The first-order chi connectivity index (χ1) is 9.15. The summed E-state index contributed by atoms with van der Waals surface area (Å²) in [6, 6.07) is 3.52. The van der Waals surface area contributed by atoms with Crippen LogP contribution in [0.3, 0.4) is 0 Å². The molecule has 2 rings (SSSR count). The standard InChI is InChI=1S/C14H22N4O/c1-11-9-12(14(15)16)10-13(17-11)19-8-7-18-5-3-2-4-6-18/h9-10H,2-8H2,1H3,(H3,15,16). The van der Waals surface area contributed by atoms with Gasteiger partial charge in [0.2, 0.25) is 5.88 Å². The minimum Gasteiger partial charge on any atom is -0.476 e. The molecule has 104 valence electrons. The predicted molar refractivity (Wildman–Crippen MR) is 75.8 cm³/mol. The van der Waals surface area contributed by atoms with Crippen LogP contribution in [0.25, 0.3) is 0 Å². The molecular formula is C14H22N4O. The van der Waals surface area contributed by atoms with Crippen molar-refractivity contribution >= 4 is 5.84 Å². The monoisotopic (exact) mass is 262 g/mol. The predicted octanol–water partition coefficient (Wildman–Crippen LogP) is 1.54. The van der Waals surface area contributed by atoms with Crippen LogP contribution in [0.15, 0.2) is 12.1 Å². The molecule has 0 unspecified atom stereocenters. The lowest BCUT2D eigenvalue weighted by Crippen LogP contribution is -2.33. The second kappa shape index (κ2) is 6.52. The fraction of sp³-hybridized carbons (Fsp3) is 0.571. The van der Waals surface area contributed by atoms with Gasteiger partial charge in [0.1, 0.15) is 12.4 Å². The topological polar surface area (TPSA) is 75.2 Å². The number of nitrogens with zero attached hydrogens (tertiary/aromatic N) is 2. The lowest BCUT2D eigenvalue weighted by Gasteiger charge is -2.26. The van der Waals surface area contributed by atoms with Crippen molar-refractivity contribution < 1.29 is 4.74 Å². The SMILES string of the molecule is Cc1cc(C(=N)N)cc(OCCN2CCCCC2)n1. The second-order valence-electron chi connectivity index (χ2n) is 5.00. The molecule has 3 N–H and O–H groups in total. The van der Waals surface area contributed by atoms with E-state index in [1.807, 2.05) is 6.92 Å². The van der Waals surface area contributed by atoms with Gasteiger partial charge in [0.05, 0.1) is 0 Å². The second-order valence-corrected chi connectivity index (χ2v) is 5.00. The molecule has 1 saturated heterocycles. The maximum absolute atomic E-state index is 7.45. The van der Waals surface area contributed by atoms with Crippen molar-refractivity contribution in [3.8, 4) is 5.88 Å². The molecule has 0 bridgehead atoms. The minimum atomic E-state index is 0.0476. The van der Waals surface area contributed by atoms with E-state index in [9.17, 15) is 0 Å². The third kappa shape index (κ3) is 4.21. The zero-order valence-corrected chi connectivity index (χ0v) is 11.5. The summed E-state index contributed by atoms with van der Waals surface area (Å²) in [5.41, 5.74) is 6.98. The Morgan fingerprint density at radius 1 is 1.37 bits per heavy atom. The summed E-state index contributed by atoms with van der Waals surface area (Å²) >= 11 is 0. The molecule has 1 fully saturated rings. The van der Waals surface area contributed by atoms with Crippen molar-refractivity contribution in [2.75, 3.05) is 26.2 Å². The number of aryl methyl sites for hydroxylation is 1. The number of piperidine rings is 1. The Kier molecular flexibility index (Phi) is 4.74. The zero-order chi connectivity index (χ0) is 13.7. The molecule has 0 aromatic carbocycles. The Balaban J connectivity index is 1.86. The summed E-state index contributed by atoms with van der Waals surface area (Å²) in [5.74, 6) is 0.605. The minimum absolute atomic E-state index is 0.0476. The van der Waals surface area contributed by atoms with Gasteiger partial charge in [0.25, 0.3) is 0 Å². The third-order valence-corrected chi connectivity index (χ3v) is 3.35. The Morgan fingerprint density at radius 2 is 2.11 bits per heavy atom. The quantitative estimate of drug-likeness (QED) is 0.623. The molecule has 1 aliphatic heterocycles. The third-order valence-electron chi connectivity index (χ3n) is 3.35. The summed E-state index contributed by atoms with van der Waals surface area (Å²) in [5, 5.41) is 7.45. The molecule has 1 aromatic heterocycles. The average molecular weight is 262 g/mol. The lowest BCUT2D eigenvalue weighted by atomic mass is 10.1. The number of amidine groups is 1. The van der Waals surface area contributed by atoms with Crippen LogP contribution in [0, 0.1) is 12.3 Å². The van der Waals surface area contributed by atoms with E-state index in [4.69, 9.17) is 15.9 Å². The van der Waals surface area contributed by atoms with Crippen molar-refractivity contribution in [2.45, 2.75) is 26.2 Å². The summed E-state index contributed by atoms with van der Waals surface area (Å²) in [7, 11) is 0. The van der Waals surface area contributed by atoms with Crippen LogP contribution in [-0.2, 0) is 0 Å². The molecule has 1 aromatic rings. The maximum atomic E-state index is 7.45. The van der Waals surface area contributed by atoms with Gasteiger partial charge in [0.15, 0.2) is 0 Å². The van der Waals surface area contributed by atoms with Crippen LogP contribution in [0.2, 0.25) is 0 Å². The zero-order valence-electron chi connectivity index (χ0n) is 11.5. The van der Waals surface area contributed by atoms with Crippen LogP contribution in [0.1, 0.15) is 30.5 Å². The molecule has 5 heteroatoms. The van der Waals surface area contributed by atoms with E-state index >= 15 is 0 Å². The Labute approximate surface area is 114 Å². The molecule has 0 amide bonds. The number of rotatable bonds is 5. The molecule has 19 heavy (non-hydrogen) atoms. The molecule has 0 radical (unpaired) electrons. The van der Waals surface area contributed by atoms with E-state index in [1.165, 1.54) is 32.4 Å². The molecular weight excluding hydrogens is 240 g/mol. The molecule has 0 aliphatic carbocycles. The number of nitrogens with two attached hydrogens (primary N) is 1. The summed E-state index contributed by atoms with van der Waals surface area (Å²) in [6.07, 6.45) is 3.92. The fourth-order valence-corrected chi connectivity index (χ4v) is 2.33. The number of pyridine rings is 1. The van der Waals surface area contributed by atoms with Crippen LogP contribution in [0.5, 0.6) is 5.88 Å². The Hall–Kier alpha value is -1.62. The Bertz CT molecular complexity index is 441. The Morgan fingerprint density at radius 3 is 2.79 bits per heavy atom. The van der Waals surface area contributed by atoms with E-state index < -0.39 is 0 Å². The molecule has 2 heterocycles. The highest BCUT2D eigenvalue weighted by atomic mass is 16.5. The van der Waals surface area contributed by atoms with Gasteiger partial charge in [-0.05, 0) is 38.9 Å². The van der Waals surface area contributed by atoms with Gasteiger partial charge in [0, 0.05) is 23.9 Å². The van der Waals surface area contributed by atoms with Gasteiger partial charge >= 0.3 is 0 Å². The highest BCUT2D eigenvalue weighted by Crippen LogP contribution is 2.13. The van der Waals surface area contributed by atoms with Crippen LogP contribution >= 0.6 is 0 Å². The first-order valence-corrected chi connectivity index (χ1v) is 6.83. The number of nitrogens with one attached hydrogen (secondary N) is 1. The smallest absolute Gasteiger partial charge is 0.214 e. The summed E-state index contributed by atoms with van der Waals surface area (Å²) in [4.78, 5) is 6.73. The van der Waals surface area contributed by atoms with E-state index in [2.05, 4.69) is 9.88 Å². The molecule has 0 atom stereocenters. The number of hydrogen-bond acceptors (Lipinski definition) is 4. The average Bonchev–Trinajstić information content (AvgIpc) is 2.39. The van der Waals surface area contributed by atoms with E-state index in [1.54, 1.807) is 12.1 Å². The van der Waals surface area contributed by atoms with Crippen molar-refractivity contribution in [3.63, 3.8) is 0 Å². The molecule has 0 spiro atoms. The van der Waals surface area contributed by atoms with E-state index in [0.717, 1.165) is 12.2 Å². The first kappa shape index (κ1) is 13.8. The summed E-state index contributed by atoms with van der Waals surface area (Å²) < 4.78 is 5.68. The largest absolute Gasteiger partial charge is 0.476 e. The van der Waals surface area contributed by atoms with Crippen LogP contribution in [-0.4, -0.2) is 42.0 Å². The lowest BCUT2D eigenvalue weighted by molar-refractivity contribution is 0.180. The molecule has 0 saturated carbocycles.